The summed E-state index contributed by atoms with van der Waals surface area (Å²) in [6, 6.07) is 10.6. The number of ketones is 2. The predicted molar refractivity (Wildman–Crippen MR) is 145 cm³/mol. The molecule has 0 saturated carbocycles. The van der Waals surface area contributed by atoms with Gasteiger partial charge in [-0.25, -0.2) is 8.42 Å². The number of ether oxygens (including phenoxy) is 1. The van der Waals surface area contributed by atoms with Gasteiger partial charge in [0.1, 0.15) is 16.6 Å². The number of amidine groups is 1. The number of Topliss-reactive ketones (excluding diaryl/α,β-unsaturated/α-hetero) is 2. The van der Waals surface area contributed by atoms with Gasteiger partial charge in [0.2, 0.25) is 10.0 Å². The number of carbonyl (C=O) groups is 3. The quantitative estimate of drug-likeness (QED) is 0.338. The monoisotopic (exact) mass is 575 g/mol. The van der Waals surface area contributed by atoms with Crippen molar-refractivity contribution >= 4 is 54.8 Å². The van der Waals surface area contributed by atoms with Crippen molar-refractivity contribution in [3.8, 4) is 0 Å². The maximum Gasteiger partial charge on any atom is 0.322 e. The van der Waals surface area contributed by atoms with Crippen LogP contribution in [0.3, 0.4) is 0 Å². The first-order chi connectivity index (χ1) is 18.4. The van der Waals surface area contributed by atoms with E-state index in [-0.39, 0.29) is 22.1 Å². The molecule has 4 rings (SSSR count). The van der Waals surface area contributed by atoms with Gasteiger partial charge in [0.25, 0.3) is 10.0 Å². The number of rotatable bonds is 9. The topological polar surface area (TPSA) is 165 Å². The highest BCUT2D eigenvalue weighted by molar-refractivity contribution is 7.93. The normalized spacial score (nSPS) is 19.3. The van der Waals surface area contributed by atoms with Crippen molar-refractivity contribution in [3.05, 3.63) is 53.6 Å². The molecule has 208 valence electrons. The van der Waals surface area contributed by atoms with Crippen molar-refractivity contribution in [3.63, 3.8) is 0 Å². The molecule has 1 aliphatic carbocycles. The highest BCUT2D eigenvalue weighted by Gasteiger charge is 2.53. The number of benzene rings is 2. The lowest BCUT2D eigenvalue weighted by atomic mass is 9.60. The summed E-state index contributed by atoms with van der Waals surface area (Å²) >= 11 is 0. The molecule has 2 N–H and O–H groups in total. The molecule has 0 aromatic heterocycles. The first-order valence-electron chi connectivity index (χ1n) is 12.4. The second-order valence-electron chi connectivity index (χ2n) is 9.51. The summed E-state index contributed by atoms with van der Waals surface area (Å²) in [6.45, 7) is 3.90. The fraction of sp³-hybridized carbons (Fsp3) is 0.385. The lowest BCUT2D eigenvalue weighted by molar-refractivity contribution is -0.137. The molecular formula is C26H29N3O8S2. The minimum absolute atomic E-state index is 0.0342. The minimum atomic E-state index is -4.44. The Bertz CT molecular complexity index is 1590. The molecule has 0 bridgehead atoms. The Balaban J connectivity index is 1.75. The summed E-state index contributed by atoms with van der Waals surface area (Å²) in [4.78, 5) is 38.7. The number of hydrogen-bond donors (Lipinski definition) is 2. The predicted octanol–water partition coefficient (Wildman–Crippen LogP) is 3.03. The number of carbonyl (C=O) groups excluding carboxylic acids is 3. The van der Waals surface area contributed by atoms with Crippen molar-refractivity contribution in [2.45, 2.75) is 49.8 Å². The summed E-state index contributed by atoms with van der Waals surface area (Å²) < 4.78 is 61.2. The van der Waals surface area contributed by atoms with Crippen LogP contribution in [-0.2, 0) is 39.8 Å². The van der Waals surface area contributed by atoms with Crippen molar-refractivity contribution in [2.75, 3.05) is 22.9 Å². The van der Waals surface area contributed by atoms with E-state index in [0.717, 1.165) is 13.2 Å². The van der Waals surface area contributed by atoms with Crippen molar-refractivity contribution in [1.82, 2.24) is 0 Å². The van der Waals surface area contributed by atoms with Gasteiger partial charge in [-0.2, -0.15) is 8.42 Å². The van der Waals surface area contributed by atoms with Crippen molar-refractivity contribution < 1.29 is 36.0 Å². The van der Waals surface area contributed by atoms with Crippen LogP contribution in [0.1, 0.15) is 55.5 Å². The maximum absolute atomic E-state index is 14.1. The fourth-order valence-corrected chi connectivity index (χ4v) is 7.51. The average molecular weight is 576 g/mol. The largest absolute Gasteiger partial charge is 0.468 e. The van der Waals surface area contributed by atoms with Gasteiger partial charge < -0.3 is 10.1 Å². The van der Waals surface area contributed by atoms with Crippen LogP contribution in [0.15, 0.2) is 51.8 Å². The van der Waals surface area contributed by atoms with Gasteiger partial charge in [0.05, 0.1) is 23.9 Å². The smallest absolute Gasteiger partial charge is 0.322 e. The Morgan fingerprint density at radius 3 is 2.41 bits per heavy atom. The Kier molecular flexibility index (Phi) is 7.68. The molecule has 2 aliphatic rings. The van der Waals surface area contributed by atoms with Gasteiger partial charge in [0, 0.05) is 5.56 Å². The number of fused-ring (bicyclic) bond motifs is 2. The summed E-state index contributed by atoms with van der Waals surface area (Å²) in [5, 5.41) is 2.85. The third-order valence-corrected chi connectivity index (χ3v) is 9.37. The van der Waals surface area contributed by atoms with E-state index in [1.807, 2.05) is 13.8 Å². The Morgan fingerprint density at radius 2 is 1.77 bits per heavy atom. The third kappa shape index (κ3) is 5.20. The molecule has 11 nitrogen and oxygen atoms in total. The first-order valence-corrected chi connectivity index (χ1v) is 15.5. The molecule has 1 aliphatic heterocycles. The van der Waals surface area contributed by atoms with E-state index in [1.54, 1.807) is 24.3 Å². The standard InChI is InChI=1S/C26H29N3O8S2/c1-4-12-26(13-5-2)18-9-7-6-8-17(18)23(31)22(24(26)32)25-27-19-11-10-16(14-20(19)39(35,36)29-25)28-38(33,34)15-21(30)37-3/h6-11,14,22,28H,4-5,12-13,15H2,1-3H3,(H,27,29). The molecular weight excluding hydrogens is 546 g/mol. The van der Waals surface area contributed by atoms with E-state index in [9.17, 15) is 31.2 Å². The number of nitrogens with one attached hydrogen (secondary N) is 2. The molecule has 1 unspecified atom stereocenters. The number of hydrogen-bond acceptors (Lipinski definition) is 9. The number of sulfonamides is 2. The van der Waals surface area contributed by atoms with Crippen LogP contribution in [-0.4, -0.2) is 53.1 Å². The first kappa shape index (κ1) is 28.4. The van der Waals surface area contributed by atoms with Crippen LogP contribution in [0, 0.1) is 5.92 Å². The SMILES string of the molecule is CCCC1(CCC)C(=O)C(C2=NS(=O)(=O)c3cc(NS(=O)(=O)CC(=O)OC)ccc3N2)C(=O)c2ccccc21. The number of methoxy groups -OCH3 is 1. The molecule has 1 heterocycles. The van der Waals surface area contributed by atoms with Gasteiger partial charge >= 0.3 is 5.97 Å². The van der Waals surface area contributed by atoms with Crippen molar-refractivity contribution in [1.29, 1.82) is 0 Å². The zero-order valence-electron chi connectivity index (χ0n) is 21.7. The maximum atomic E-state index is 14.1. The molecule has 1 atom stereocenters. The van der Waals surface area contributed by atoms with E-state index in [2.05, 4.69) is 19.2 Å². The molecule has 2 aromatic carbocycles. The third-order valence-electron chi connectivity index (χ3n) is 6.88. The van der Waals surface area contributed by atoms with Crippen LogP contribution >= 0.6 is 0 Å². The number of esters is 1. The lowest BCUT2D eigenvalue weighted by Crippen LogP contribution is -2.52. The van der Waals surface area contributed by atoms with Crippen LogP contribution < -0.4 is 10.0 Å². The van der Waals surface area contributed by atoms with Gasteiger partial charge in [-0.1, -0.05) is 51.0 Å². The zero-order chi connectivity index (χ0) is 28.6. The molecule has 0 fully saturated rings. The van der Waals surface area contributed by atoms with Gasteiger partial charge in [-0.15, -0.1) is 4.40 Å². The van der Waals surface area contributed by atoms with E-state index < -0.39 is 54.7 Å². The van der Waals surface area contributed by atoms with Crippen LogP contribution in [0.4, 0.5) is 11.4 Å². The minimum Gasteiger partial charge on any atom is -0.468 e. The highest BCUT2D eigenvalue weighted by Crippen LogP contribution is 2.45. The highest BCUT2D eigenvalue weighted by atomic mass is 32.2. The Morgan fingerprint density at radius 1 is 1.10 bits per heavy atom. The number of anilines is 2. The molecule has 13 heteroatoms. The summed E-state index contributed by atoms with van der Waals surface area (Å²) in [5.41, 5.74) is -0.0258. The molecule has 0 spiro atoms. The van der Waals surface area contributed by atoms with Gasteiger partial charge in [-0.3, -0.25) is 19.1 Å². The van der Waals surface area contributed by atoms with Gasteiger partial charge in [-0.05, 0) is 36.6 Å². The van der Waals surface area contributed by atoms with Crippen LogP contribution in [0.25, 0.3) is 0 Å². The number of nitrogens with zero attached hydrogens (tertiary/aromatic N) is 1. The Hall–Kier alpha value is -3.58. The second-order valence-corrected chi connectivity index (χ2v) is 12.8. The fourth-order valence-electron chi connectivity index (χ4n) is 5.34. The molecule has 39 heavy (non-hydrogen) atoms. The average Bonchev–Trinajstić information content (AvgIpc) is 2.87. The summed E-state index contributed by atoms with van der Waals surface area (Å²) in [5.74, 6) is -4.61. The molecule has 0 saturated heterocycles. The van der Waals surface area contributed by atoms with E-state index in [0.29, 0.717) is 36.8 Å². The molecule has 0 radical (unpaired) electrons. The zero-order valence-corrected chi connectivity index (χ0v) is 23.3. The summed E-state index contributed by atoms with van der Waals surface area (Å²) in [7, 11) is -7.57. The Labute approximate surface area is 227 Å². The van der Waals surface area contributed by atoms with Crippen LogP contribution in [0.5, 0.6) is 0 Å². The molecule has 0 amide bonds. The van der Waals surface area contributed by atoms with E-state index in [1.165, 1.54) is 12.1 Å². The van der Waals surface area contributed by atoms with E-state index >= 15 is 0 Å². The second kappa shape index (κ2) is 10.5. The van der Waals surface area contributed by atoms with Crippen molar-refractivity contribution in [2.24, 2.45) is 10.3 Å². The lowest BCUT2D eigenvalue weighted by Gasteiger charge is -2.41. The summed E-state index contributed by atoms with van der Waals surface area (Å²) in [6.07, 6.45) is 2.34. The van der Waals surface area contributed by atoms with Gasteiger partial charge in [0.15, 0.2) is 17.3 Å². The van der Waals surface area contributed by atoms with Crippen LogP contribution in [0.2, 0.25) is 0 Å². The molecule has 2 aromatic rings. The van der Waals surface area contributed by atoms with E-state index in [4.69, 9.17) is 0 Å².